The number of benzene rings is 2. The number of anilines is 1. The minimum atomic E-state index is -0.843. The van der Waals surface area contributed by atoms with Gasteiger partial charge in [-0.15, -0.1) is 0 Å². The van der Waals surface area contributed by atoms with Crippen LogP contribution in [0.1, 0.15) is 29.2 Å². The van der Waals surface area contributed by atoms with Crippen LogP contribution in [0.15, 0.2) is 54.6 Å². The molecule has 184 valence electrons. The molecule has 0 aliphatic carbocycles. The van der Waals surface area contributed by atoms with Gasteiger partial charge in [0, 0.05) is 36.9 Å². The molecule has 3 aromatic rings. The van der Waals surface area contributed by atoms with Crippen molar-refractivity contribution in [1.82, 2.24) is 14.7 Å². The Morgan fingerprint density at radius 1 is 1.19 bits per heavy atom. The molecule has 9 nitrogen and oxygen atoms in total. The van der Waals surface area contributed by atoms with Gasteiger partial charge in [0.1, 0.15) is 28.6 Å². The summed E-state index contributed by atoms with van der Waals surface area (Å²) >= 11 is 0. The molecule has 1 fully saturated rings. The Labute approximate surface area is 205 Å². The molecule has 2 heterocycles. The lowest BCUT2D eigenvalue weighted by Crippen LogP contribution is -2.40. The van der Waals surface area contributed by atoms with E-state index in [2.05, 4.69) is 5.10 Å². The van der Waals surface area contributed by atoms with Crippen molar-refractivity contribution in [2.24, 2.45) is 5.73 Å². The number of primary amides is 1. The van der Waals surface area contributed by atoms with Crippen molar-refractivity contribution in [2.75, 3.05) is 18.8 Å². The standard InChI is InChI=1S/C25H22F2N6O3/c26-16-7-10-20(19(27)13-16)36-18-8-5-15(6-9-18)23-22(25(30)35)24(29)33(31-23)17-3-2-12-32(14-17)21(34)4-1-11-28/h1,4-10,13,17H,2-3,12,14,29H2,(H2,30,35)/t17-/m1/s1. The SMILES string of the molecule is N#CC=CC(=O)N1CCC[C@@H](n2nc(-c3ccc(Oc4ccc(F)cc4F)cc3)c(C(N)=O)c2N)C1. The van der Waals surface area contributed by atoms with Crippen molar-refractivity contribution >= 4 is 17.6 Å². The molecule has 0 radical (unpaired) electrons. The molecule has 1 saturated heterocycles. The van der Waals surface area contributed by atoms with Crippen molar-refractivity contribution in [1.29, 1.82) is 5.26 Å². The highest BCUT2D eigenvalue weighted by molar-refractivity contribution is 6.03. The number of nitriles is 1. The Morgan fingerprint density at radius 2 is 1.94 bits per heavy atom. The lowest BCUT2D eigenvalue weighted by molar-refractivity contribution is -0.127. The zero-order valence-electron chi connectivity index (χ0n) is 19.0. The Balaban J connectivity index is 1.61. The van der Waals surface area contributed by atoms with E-state index in [1.165, 1.54) is 16.8 Å². The van der Waals surface area contributed by atoms with Crippen LogP contribution in [0, 0.1) is 23.0 Å². The average molecular weight is 492 g/mol. The molecule has 4 rings (SSSR count). The number of hydrogen-bond donors (Lipinski definition) is 2. The first-order chi connectivity index (χ1) is 17.3. The highest BCUT2D eigenvalue weighted by atomic mass is 19.1. The fourth-order valence-electron chi connectivity index (χ4n) is 4.11. The second-order valence-corrected chi connectivity index (χ2v) is 8.16. The van der Waals surface area contributed by atoms with Gasteiger partial charge >= 0.3 is 0 Å². The van der Waals surface area contributed by atoms with Crippen molar-refractivity contribution < 1.29 is 23.1 Å². The largest absolute Gasteiger partial charge is 0.454 e. The Morgan fingerprint density at radius 3 is 2.61 bits per heavy atom. The van der Waals surface area contributed by atoms with E-state index in [0.29, 0.717) is 31.5 Å². The van der Waals surface area contributed by atoms with E-state index >= 15 is 0 Å². The molecule has 36 heavy (non-hydrogen) atoms. The van der Waals surface area contributed by atoms with E-state index in [0.717, 1.165) is 18.2 Å². The van der Waals surface area contributed by atoms with Gasteiger partial charge in [-0.25, -0.2) is 13.5 Å². The molecule has 1 atom stereocenters. The summed E-state index contributed by atoms with van der Waals surface area (Å²) in [4.78, 5) is 26.2. The van der Waals surface area contributed by atoms with Crippen LogP contribution in [-0.4, -0.2) is 39.6 Å². The second-order valence-electron chi connectivity index (χ2n) is 8.16. The zero-order valence-corrected chi connectivity index (χ0v) is 19.0. The molecule has 2 aromatic carbocycles. The number of rotatable bonds is 6. The van der Waals surface area contributed by atoms with Crippen LogP contribution in [0.25, 0.3) is 11.3 Å². The number of allylic oxidation sites excluding steroid dienone is 1. The molecule has 2 amide bonds. The van der Waals surface area contributed by atoms with Crippen LogP contribution in [0.3, 0.4) is 0 Å². The van der Waals surface area contributed by atoms with Gasteiger partial charge in [0.25, 0.3) is 5.91 Å². The van der Waals surface area contributed by atoms with E-state index < -0.39 is 17.5 Å². The summed E-state index contributed by atoms with van der Waals surface area (Å²) in [6.45, 7) is 0.825. The van der Waals surface area contributed by atoms with E-state index in [4.69, 9.17) is 21.5 Å². The number of nitrogens with zero attached hydrogens (tertiary/aromatic N) is 4. The van der Waals surface area contributed by atoms with Crippen molar-refractivity contribution in [3.05, 3.63) is 71.8 Å². The lowest BCUT2D eigenvalue weighted by atomic mass is 10.1. The van der Waals surface area contributed by atoms with Gasteiger partial charge in [-0.3, -0.25) is 9.59 Å². The molecule has 4 N–H and O–H groups in total. The van der Waals surface area contributed by atoms with E-state index in [9.17, 15) is 18.4 Å². The first kappa shape index (κ1) is 24.4. The van der Waals surface area contributed by atoms with Crippen LogP contribution >= 0.6 is 0 Å². The van der Waals surface area contributed by atoms with E-state index in [1.807, 2.05) is 0 Å². The highest BCUT2D eigenvalue weighted by Crippen LogP contribution is 2.33. The summed E-state index contributed by atoms with van der Waals surface area (Å²) in [5.41, 5.74) is 12.7. The summed E-state index contributed by atoms with van der Waals surface area (Å²) < 4.78 is 34.0. The van der Waals surface area contributed by atoms with Crippen molar-refractivity contribution in [2.45, 2.75) is 18.9 Å². The van der Waals surface area contributed by atoms with Crippen LogP contribution in [-0.2, 0) is 4.79 Å². The number of likely N-dealkylation sites (tertiary alicyclic amines) is 1. The Kier molecular flexibility index (Phi) is 6.96. The molecule has 1 aliphatic heterocycles. The van der Waals surface area contributed by atoms with Gasteiger partial charge in [0.05, 0.1) is 12.1 Å². The molecular formula is C25H22F2N6O3. The molecule has 1 aliphatic rings. The fraction of sp³-hybridized carbons (Fsp3) is 0.200. The first-order valence-electron chi connectivity index (χ1n) is 11.0. The fourth-order valence-corrected chi connectivity index (χ4v) is 4.11. The molecule has 11 heteroatoms. The molecule has 0 bridgehead atoms. The summed E-state index contributed by atoms with van der Waals surface area (Å²) in [7, 11) is 0. The van der Waals surface area contributed by atoms with Gasteiger partial charge in [0.15, 0.2) is 11.6 Å². The Bertz CT molecular complexity index is 1380. The number of ether oxygens (including phenoxy) is 1. The zero-order chi connectivity index (χ0) is 25.8. The quantitative estimate of drug-likeness (QED) is 0.398. The highest BCUT2D eigenvalue weighted by Gasteiger charge is 2.29. The molecule has 0 saturated carbocycles. The molecule has 1 aromatic heterocycles. The maximum Gasteiger partial charge on any atom is 0.254 e. The monoisotopic (exact) mass is 492 g/mol. The summed E-state index contributed by atoms with van der Waals surface area (Å²) in [6.07, 6.45) is 3.68. The predicted octanol–water partition coefficient (Wildman–Crippen LogP) is 3.54. The third kappa shape index (κ3) is 5.02. The van der Waals surface area contributed by atoms with Crippen molar-refractivity contribution in [3.63, 3.8) is 0 Å². The average Bonchev–Trinajstić information content (AvgIpc) is 3.22. The predicted molar refractivity (Wildman–Crippen MR) is 127 cm³/mol. The van der Waals surface area contributed by atoms with Gasteiger partial charge in [-0.2, -0.15) is 10.4 Å². The van der Waals surface area contributed by atoms with Gasteiger partial charge in [-0.05, 0) is 49.2 Å². The third-order valence-corrected chi connectivity index (χ3v) is 5.80. The molecule has 0 spiro atoms. The molecular weight excluding hydrogens is 470 g/mol. The summed E-state index contributed by atoms with van der Waals surface area (Å²) in [5, 5.41) is 13.2. The number of nitrogen functional groups attached to an aromatic ring is 1. The lowest BCUT2D eigenvalue weighted by Gasteiger charge is -2.32. The van der Waals surface area contributed by atoms with E-state index in [-0.39, 0.29) is 40.5 Å². The van der Waals surface area contributed by atoms with Crippen LogP contribution in [0.4, 0.5) is 14.6 Å². The number of halogens is 2. The van der Waals surface area contributed by atoms with E-state index in [1.54, 1.807) is 35.2 Å². The Hall–Kier alpha value is -4.72. The smallest absolute Gasteiger partial charge is 0.254 e. The molecule has 0 unspecified atom stereocenters. The number of carbonyl (C=O) groups excluding carboxylic acids is 2. The summed E-state index contributed by atoms with van der Waals surface area (Å²) in [5.74, 6) is -2.39. The minimum Gasteiger partial charge on any atom is -0.454 e. The van der Waals surface area contributed by atoms with Crippen LogP contribution < -0.4 is 16.2 Å². The summed E-state index contributed by atoms with van der Waals surface area (Å²) in [6, 6.07) is 10.8. The van der Waals surface area contributed by atoms with Crippen molar-refractivity contribution in [3.8, 4) is 28.8 Å². The number of hydrogen-bond acceptors (Lipinski definition) is 6. The number of amides is 2. The number of nitrogens with two attached hydrogens (primary N) is 2. The minimum absolute atomic E-state index is 0.0427. The van der Waals surface area contributed by atoms with Crippen LogP contribution in [0.2, 0.25) is 0 Å². The van der Waals surface area contributed by atoms with Gasteiger partial charge in [-0.1, -0.05) is 0 Å². The normalized spacial score (nSPS) is 15.6. The maximum atomic E-state index is 13.9. The van der Waals surface area contributed by atoms with Gasteiger partial charge < -0.3 is 21.1 Å². The van der Waals surface area contributed by atoms with Gasteiger partial charge in [0.2, 0.25) is 5.91 Å². The number of piperidine rings is 1. The third-order valence-electron chi connectivity index (χ3n) is 5.80. The maximum absolute atomic E-state index is 13.9. The first-order valence-corrected chi connectivity index (χ1v) is 11.0. The topological polar surface area (TPSA) is 140 Å². The van der Waals surface area contributed by atoms with Crippen LogP contribution in [0.5, 0.6) is 11.5 Å². The number of carbonyl (C=O) groups is 2. The second kappa shape index (κ2) is 10.3. The number of aromatic nitrogens is 2.